The van der Waals surface area contributed by atoms with E-state index in [-0.39, 0.29) is 12.5 Å². The van der Waals surface area contributed by atoms with Gasteiger partial charge in [0.1, 0.15) is 6.54 Å². The Hall–Kier alpha value is -2.17. The second kappa shape index (κ2) is 5.25. The molecule has 0 saturated heterocycles. The highest BCUT2D eigenvalue weighted by molar-refractivity contribution is 5.75. The number of carbonyl (C=O) groups excluding carboxylic acids is 1. The normalized spacial score (nSPS) is 10.2. The highest BCUT2D eigenvalue weighted by atomic mass is 16.2. The lowest BCUT2D eigenvalue weighted by atomic mass is 10.3. The number of aryl methyl sites for hydroxylation is 1. The van der Waals surface area contributed by atoms with Crippen LogP contribution in [0.3, 0.4) is 0 Å². The number of nitrogens with zero attached hydrogens (tertiary/aromatic N) is 3. The lowest BCUT2D eigenvalue weighted by molar-refractivity contribution is -0.122. The average Bonchev–Trinajstić information content (AvgIpc) is 2.74. The number of carbonyl (C=O) groups is 1. The molecule has 0 aromatic carbocycles. The molecule has 0 atom stereocenters. The van der Waals surface area contributed by atoms with Gasteiger partial charge < -0.3 is 5.32 Å². The van der Waals surface area contributed by atoms with Gasteiger partial charge in [-0.3, -0.25) is 14.5 Å². The molecule has 88 valence electrons. The molecule has 2 aromatic rings. The Balaban J connectivity index is 1.85. The van der Waals surface area contributed by atoms with Crippen LogP contribution >= 0.6 is 0 Å². The molecular weight excluding hydrogens is 216 g/mol. The Morgan fingerprint density at radius 1 is 1.41 bits per heavy atom. The summed E-state index contributed by atoms with van der Waals surface area (Å²) in [6, 6.07) is 5.64. The highest BCUT2D eigenvalue weighted by Gasteiger charge is 2.04. The lowest BCUT2D eigenvalue weighted by Crippen LogP contribution is -2.27. The molecule has 0 unspecified atom stereocenters. The van der Waals surface area contributed by atoms with Crippen LogP contribution < -0.4 is 5.32 Å². The summed E-state index contributed by atoms with van der Waals surface area (Å²) in [5, 5.41) is 6.88. The molecule has 0 bridgehead atoms. The Kier molecular flexibility index (Phi) is 3.49. The van der Waals surface area contributed by atoms with E-state index in [1.165, 1.54) is 0 Å². The molecule has 0 fully saturated rings. The van der Waals surface area contributed by atoms with E-state index in [0.717, 1.165) is 11.3 Å². The maximum Gasteiger partial charge on any atom is 0.242 e. The van der Waals surface area contributed by atoms with Crippen LogP contribution in [0.1, 0.15) is 11.3 Å². The number of nitrogens with one attached hydrogen (secondary N) is 1. The third-order valence-corrected chi connectivity index (χ3v) is 2.43. The maximum absolute atomic E-state index is 11.6. The van der Waals surface area contributed by atoms with Crippen molar-refractivity contribution in [2.24, 2.45) is 0 Å². The molecule has 2 aromatic heterocycles. The first-order valence-electron chi connectivity index (χ1n) is 5.40. The van der Waals surface area contributed by atoms with Gasteiger partial charge in [0.15, 0.2) is 0 Å². The van der Waals surface area contributed by atoms with Crippen LogP contribution in [0.5, 0.6) is 0 Å². The number of aromatic nitrogens is 3. The van der Waals surface area contributed by atoms with Crippen LogP contribution in [0.4, 0.5) is 0 Å². The minimum atomic E-state index is -0.0550. The predicted molar refractivity (Wildman–Crippen MR) is 63.0 cm³/mol. The zero-order chi connectivity index (χ0) is 12.1. The van der Waals surface area contributed by atoms with Gasteiger partial charge in [0.2, 0.25) is 5.91 Å². The van der Waals surface area contributed by atoms with Crippen LogP contribution in [0.15, 0.2) is 36.8 Å². The van der Waals surface area contributed by atoms with Crippen molar-refractivity contribution in [1.82, 2.24) is 20.1 Å². The Labute approximate surface area is 99.5 Å². The van der Waals surface area contributed by atoms with Crippen molar-refractivity contribution in [3.8, 4) is 0 Å². The first-order chi connectivity index (χ1) is 8.25. The summed E-state index contributed by atoms with van der Waals surface area (Å²) < 4.78 is 1.67. The van der Waals surface area contributed by atoms with Crippen LogP contribution in [0.2, 0.25) is 0 Å². The minimum Gasteiger partial charge on any atom is -0.350 e. The van der Waals surface area contributed by atoms with Gasteiger partial charge in [-0.2, -0.15) is 5.10 Å². The third kappa shape index (κ3) is 3.14. The summed E-state index contributed by atoms with van der Waals surface area (Å²) in [6.07, 6.45) is 5.13. The van der Waals surface area contributed by atoms with Gasteiger partial charge in [-0.25, -0.2) is 0 Å². The molecule has 1 N–H and O–H groups in total. The van der Waals surface area contributed by atoms with Gasteiger partial charge in [-0.15, -0.1) is 0 Å². The summed E-state index contributed by atoms with van der Waals surface area (Å²) in [5.41, 5.74) is 1.96. The third-order valence-electron chi connectivity index (χ3n) is 2.43. The molecule has 0 aliphatic carbocycles. The van der Waals surface area contributed by atoms with Crippen molar-refractivity contribution in [3.05, 3.63) is 48.0 Å². The smallest absolute Gasteiger partial charge is 0.242 e. The maximum atomic E-state index is 11.6. The highest BCUT2D eigenvalue weighted by Crippen LogP contribution is 1.97. The first-order valence-corrected chi connectivity index (χ1v) is 5.40. The van der Waals surface area contributed by atoms with Crippen LogP contribution in [0.25, 0.3) is 0 Å². The van der Waals surface area contributed by atoms with E-state index in [1.807, 2.05) is 25.1 Å². The van der Waals surface area contributed by atoms with Crippen molar-refractivity contribution >= 4 is 5.91 Å². The minimum absolute atomic E-state index is 0.0550. The zero-order valence-electron chi connectivity index (χ0n) is 9.63. The molecule has 2 heterocycles. The summed E-state index contributed by atoms with van der Waals surface area (Å²) in [7, 11) is 0. The van der Waals surface area contributed by atoms with Gasteiger partial charge in [0.25, 0.3) is 0 Å². The molecule has 17 heavy (non-hydrogen) atoms. The van der Waals surface area contributed by atoms with E-state index in [4.69, 9.17) is 0 Å². The number of hydrogen-bond donors (Lipinski definition) is 1. The zero-order valence-corrected chi connectivity index (χ0v) is 9.63. The standard InChI is InChI=1S/C12H14N4O/c1-10-4-6-15-16(10)9-12(17)14-8-11-3-2-5-13-7-11/h2-7H,8-9H2,1H3,(H,14,17). The van der Waals surface area contributed by atoms with Crippen molar-refractivity contribution in [1.29, 1.82) is 0 Å². The van der Waals surface area contributed by atoms with Gasteiger partial charge in [0.05, 0.1) is 0 Å². The van der Waals surface area contributed by atoms with Gasteiger partial charge in [-0.05, 0) is 24.6 Å². The Morgan fingerprint density at radius 3 is 2.94 bits per heavy atom. The topological polar surface area (TPSA) is 59.8 Å². The van der Waals surface area contributed by atoms with Crippen LogP contribution in [-0.4, -0.2) is 20.7 Å². The molecule has 2 rings (SSSR count). The summed E-state index contributed by atoms with van der Waals surface area (Å²) in [5.74, 6) is -0.0550. The van der Waals surface area contributed by atoms with Crippen molar-refractivity contribution in [2.75, 3.05) is 0 Å². The van der Waals surface area contributed by atoms with E-state index in [1.54, 1.807) is 23.3 Å². The number of amides is 1. The van der Waals surface area contributed by atoms with Crippen LogP contribution in [0, 0.1) is 6.92 Å². The first kappa shape index (κ1) is 11.3. The molecule has 0 aliphatic heterocycles. The van der Waals surface area contributed by atoms with E-state index < -0.39 is 0 Å². The lowest BCUT2D eigenvalue weighted by Gasteiger charge is -2.06. The number of pyridine rings is 1. The molecule has 0 radical (unpaired) electrons. The molecule has 5 nitrogen and oxygen atoms in total. The second-order valence-electron chi connectivity index (χ2n) is 3.77. The second-order valence-corrected chi connectivity index (χ2v) is 3.77. The quantitative estimate of drug-likeness (QED) is 0.849. The van der Waals surface area contributed by atoms with Crippen LogP contribution in [-0.2, 0) is 17.9 Å². The molecule has 0 aliphatic rings. The number of hydrogen-bond acceptors (Lipinski definition) is 3. The van der Waals surface area contributed by atoms with Gasteiger partial charge >= 0.3 is 0 Å². The molecule has 0 saturated carbocycles. The van der Waals surface area contributed by atoms with E-state index in [2.05, 4.69) is 15.4 Å². The largest absolute Gasteiger partial charge is 0.350 e. The van der Waals surface area contributed by atoms with Gasteiger partial charge in [-0.1, -0.05) is 6.07 Å². The number of rotatable bonds is 4. The predicted octanol–water partition coefficient (Wildman–Crippen LogP) is 0.903. The van der Waals surface area contributed by atoms with Crippen molar-refractivity contribution in [3.63, 3.8) is 0 Å². The molecule has 1 amide bonds. The van der Waals surface area contributed by atoms with Crippen molar-refractivity contribution < 1.29 is 4.79 Å². The fourth-order valence-electron chi connectivity index (χ4n) is 1.46. The SMILES string of the molecule is Cc1ccnn1CC(=O)NCc1cccnc1. The van der Waals surface area contributed by atoms with E-state index >= 15 is 0 Å². The van der Waals surface area contributed by atoms with Crippen molar-refractivity contribution in [2.45, 2.75) is 20.0 Å². The fourth-order valence-corrected chi connectivity index (χ4v) is 1.46. The Morgan fingerprint density at radius 2 is 2.29 bits per heavy atom. The van der Waals surface area contributed by atoms with E-state index in [9.17, 15) is 4.79 Å². The molecule has 5 heteroatoms. The summed E-state index contributed by atoms with van der Waals surface area (Å²) >= 11 is 0. The summed E-state index contributed by atoms with van der Waals surface area (Å²) in [6.45, 7) is 2.66. The van der Waals surface area contributed by atoms with E-state index in [0.29, 0.717) is 6.54 Å². The fraction of sp³-hybridized carbons (Fsp3) is 0.250. The molecule has 0 spiro atoms. The average molecular weight is 230 g/mol. The Bertz CT molecular complexity index is 492. The van der Waals surface area contributed by atoms with Gasteiger partial charge in [0, 0.05) is 30.8 Å². The molecular formula is C12H14N4O. The summed E-state index contributed by atoms with van der Waals surface area (Å²) in [4.78, 5) is 15.6. The monoisotopic (exact) mass is 230 g/mol.